The summed E-state index contributed by atoms with van der Waals surface area (Å²) in [4.78, 5) is 32.3. The molecule has 4 N–H and O–H groups in total. The Morgan fingerprint density at radius 3 is 1.59 bits per heavy atom. The molecular formula is C28H30Cl2N6O4S. The molecule has 2 aromatic heterocycles. The quantitative estimate of drug-likeness (QED) is 0.0851. The molecule has 0 saturated heterocycles. The molecule has 2 aliphatic heterocycles. The lowest BCUT2D eigenvalue weighted by atomic mass is 9.94. The normalized spacial score (nSPS) is 18.5. The standard InChI is InChI=1S/C28H30Cl2N6O4S/c29-11-1-3-15-23-17(9-13-31-15)33-27-21(7-5-19(25(23)27)35(37)38)41-22-8-6-20(36(39)40)26-24-16(4-2-12-30)32-14-10-18(24)34-28(22)26/h5-8,15-16,31-34H,1-4,9-14H2. The molecule has 2 aromatic carbocycles. The number of rotatable bonds is 10. The number of H-pyrrole nitrogens is 2. The zero-order valence-electron chi connectivity index (χ0n) is 22.2. The topological polar surface area (TPSA) is 142 Å². The molecule has 2 aliphatic rings. The van der Waals surface area contributed by atoms with Gasteiger partial charge >= 0.3 is 0 Å². The molecule has 0 amide bonds. The first-order chi connectivity index (χ1) is 19.9. The number of aromatic amines is 2. The molecule has 0 radical (unpaired) electrons. The third-order valence-electron chi connectivity index (χ3n) is 8.13. The van der Waals surface area contributed by atoms with Gasteiger partial charge in [-0.15, -0.1) is 23.2 Å². The lowest BCUT2D eigenvalue weighted by Gasteiger charge is -2.24. The molecular weight excluding hydrogens is 587 g/mol. The molecule has 0 saturated carbocycles. The van der Waals surface area contributed by atoms with E-state index in [0.29, 0.717) is 22.5 Å². The van der Waals surface area contributed by atoms with E-state index in [1.807, 2.05) is 0 Å². The summed E-state index contributed by atoms with van der Waals surface area (Å²) in [5, 5.41) is 32.6. The van der Waals surface area contributed by atoms with Gasteiger partial charge in [-0.05, 0) is 37.8 Å². The molecule has 13 heteroatoms. The minimum Gasteiger partial charge on any atom is -0.357 e. The Morgan fingerprint density at radius 1 is 0.756 bits per heavy atom. The third-order valence-corrected chi connectivity index (χ3v) is 9.78. The van der Waals surface area contributed by atoms with E-state index in [0.717, 1.165) is 95.0 Å². The fourth-order valence-electron chi connectivity index (χ4n) is 6.44. The Morgan fingerprint density at radius 2 is 1.20 bits per heavy atom. The Labute approximate surface area is 250 Å². The molecule has 2 atom stereocenters. The van der Waals surface area contributed by atoms with Gasteiger partial charge in [-0.1, -0.05) is 11.8 Å². The van der Waals surface area contributed by atoms with E-state index < -0.39 is 0 Å². The van der Waals surface area contributed by atoms with Crippen molar-refractivity contribution in [1.82, 2.24) is 20.6 Å². The lowest BCUT2D eigenvalue weighted by Crippen LogP contribution is -2.29. The fraction of sp³-hybridized carbons (Fsp3) is 0.429. The number of aromatic nitrogens is 2. The van der Waals surface area contributed by atoms with Crippen LogP contribution in [-0.2, 0) is 12.8 Å². The van der Waals surface area contributed by atoms with Crippen molar-refractivity contribution in [2.45, 2.75) is 60.4 Å². The highest BCUT2D eigenvalue weighted by Crippen LogP contribution is 2.47. The second-order valence-corrected chi connectivity index (χ2v) is 12.3. The molecule has 4 aromatic rings. The molecule has 2 unspecified atom stereocenters. The summed E-state index contributed by atoms with van der Waals surface area (Å²) < 4.78 is 0. The molecule has 4 heterocycles. The van der Waals surface area contributed by atoms with Crippen molar-refractivity contribution >= 4 is 68.1 Å². The zero-order chi connectivity index (χ0) is 28.7. The van der Waals surface area contributed by atoms with Crippen LogP contribution in [-0.4, -0.2) is 44.7 Å². The first-order valence-corrected chi connectivity index (χ1v) is 15.7. The summed E-state index contributed by atoms with van der Waals surface area (Å²) in [5.41, 5.74) is 5.48. The van der Waals surface area contributed by atoms with Gasteiger partial charge in [0.05, 0.1) is 31.7 Å². The number of benzene rings is 2. The molecule has 0 spiro atoms. The van der Waals surface area contributed by atoms with Gasteiger partial charge in [0.1, 0.15) is 0 Å². The number of nitro benzene ring substituents is 2. The minimum absolute atomic E-state index is 0.0242. The number of nitrogens with one attached hydrogen (secondary N) is 4. The highest BCUT2D eigenvalue weighted by molar-refractivity contribution is 7.99. The zero-order valence-corrected chi connectivity index (χ0v) is 24.6. The van der Waals surface area contributed by atoms with Crippen molar-refractivity contribution < 1.29 is 9.85 Å². The van der Waals surface area contributed by atoms with Crippen LogP contribution in [0.3, 0.4) is 0 Å². The number of non-ortho nitro benzene ring substituents is 2. The summed E-state index contributed by atoms with van der Waals surface area (Å²) in [6, 6.07) is 6.64. The number of hydrogen-bond donors (Lipinski definition) is 4. The van der Waals surface area contributed by atoms with Crippen molar-refractivity contribution in [3.63, 3.8) is 0 Å². The van der Waals surface area contributed by atoms with Gasteiger partial charge in [-0.25, -0.2) is 0 Å². The molecule has 10 nitrogen and oxygen atoms in total. The van der Waals surface area contributed by atoms with Gasteiger partial charge < -0.3 is 20.6 Å². The average molecular weight is 618 g/mol. The van der Waals surface area contributed by atoms with Gasteiger partial charge in [0.2, 0.25) is 0 Å². The van der Waals surface area contributed by atoms with E-state index in [9.17, 15) is 20.2 Å². The van der Waals surface area contributed by atoms with Crippen LogP contribution in [0.4, 0.5) is 11.4 Å². The lowest BCUT2D eigenvalue weighted by molar-refractivity contribution is -0.383. The third kappa shape index (κ3) is 5.08. The minimum atomic E-state index is -0.324. The number of alkyl halides is 2. The summed E-state index contributed by atoms with van der Waals surface area (Å²) in [7, 11) is 0. The van der Waals surface area contributed by atoms with Crippen LogP contribution in [0.25, 0.3) is 21.8 Å². The van der Waals surface area contributed by atoms with E-state index in [-0.39, 0.29) is 33.3 Å². The van der Waals surface area contributed by atoms with Crippen LogP contribution >= 0.6 is 35.0 Å². The van der Waals surface area contributed by atoms with E-state index in [4.69, 9.17) is 23.2 Å². The highest BCUT2D eigenvalue weighted by atomic mass is 35.5. The van der Waals surface area contributed by atoms with E-state index in [2.05, 4.69) is 20.6 Å². The van der Waals surface area contributed by atoms with Gasteiger partial charge in [0, 0.05) is 94.2 Å². The van der Waals surface area contributed by atoms with E-state index in [1.165, 1.54) is 11.8 Å². The number of nitrogens with zero attached hydrogens (tertiary/aromatic N) is 2. The van der Waals surface area contributed by atoms with Crippen molar-refractivity contribution in [2.75, 3.05) is 24.8 Å². The second-order valence-electron chi connectivity index (χ2n) is 10.5. The number of halogens is 2. The van der Waals surface area contributed by atoms with Crippen LogP contribution in [0.1, 0.15) is 60.3 Å². The smallest absolute Gasteiger partial charge is 0.279 e. The SMILES string of the molecule is O=[N+]([O-])c1ccc(Sc2ccc([N+](=O)[O-])c3c4c([nH]c23)CCNC4CCCCl)c2[nH]c3c(c12)C(CCCCl)NCC3. The average Bonchev–Trinajstić information content (AvgIpc) is 3.55. The molecule has 216 valence electrons. The van der Waals surface area contributed by atoms with Crippen molar-refractivity contribution in [3.05, 3.63) is 67.0 Å². The second kappa shape index (κ2) is 11.8. The maximum absolute atomic E-state index is 12.1. The summed E-state index contributed by atoms with van der Waals surface area (Å²) >= 11 is 13.4. The fourth-order valence-corrected chi connectivity index (χ4v) is 7.76. The summed E-state index contributed by atoms with van der Waals surface area (Å²) in [6.07, 6.45) is 4.65. The molecule has 0 aliphatic carbocycles. The molecule has 41 heavy (non-hydrogen) atoms. The first-order valence-electron chi connectivity index (χ1n) is 13.8. The van der Waals surface area contributed by atoms with Crippen LogP contribution in [0.2, 0.25) is 0 Å². The van der Waals surface area contributed by atoms with Crippen LogP contribution in [0.5, 0.6) is 0 Å². The maximum atomic E-state index is 12.1. The first kappa shape index (κ1) is 28.3. The van der Waals surface area contributed by atoms with Gasteiger partial charge in [-0.2, -0.15) is 0 Å². The van der Waals surface area contributed by atoms with Crippen molar-refractivity contribution in [2.24, 2.45) is 0 Å². The van der Waals surface area contributed by atoms with Gasteiger partial charge in [-0.3, -0.25) is 20.2 Å². The van der Waals surface area contributed by atoms with Crippen LogP contribution in [0, 0.1) is 20.2 Å². The van der Waals surface area contributed by atoms with Gasteiger partial charge in [0.25, 0.3) is 11.4 Å². The number of nitro groups is 2. The van der Waals surface area contributed by atoms with Crippen molar-refractivity contribution in [3.8, 4) is 0 Å². The summed E-state index contributed by atoms with van der Waals surface area (Å²) in [5.74, 6) is 1.05. The van der Waals surface area contributed by atoms with E-state index in [1.54, 1.807) is 24.3 Å². The summed E-state index contributed by atoms with van der Waals surface area (Å²) in [6.45, 7) is 1.55. The predicted octanol–water partition coefficient (Wildman–Crippen LogP) is 7.03. The Bertz CT molecular complexity index is 1530. The molecule has 0 bridgehead atoms. The largest absolute Gasteiger partial charge is 0.357 e. The highest BCUT2D eigenvalue weighted by Gasteiger charge is 2.32. The Kier molecular flexibility index (Phi) is 8.15. The maximum Gasteiger partial charge on any atom is 0.279 e. The van der Waals surface area contributed by atoms with Crippen LogP contribution in [0.15, 0.2) is 34.1 Å². The van der Waals surface area contributed by atoms with Crippen LogP contribution < -0.4 is 10.6 Å². The number of fused-ring (bicyclic) bond motifs is 6. The monoisotopic (exact) mass is 616 g/mol. The van der Waals surface area contributed by atoms with E-state index >= 15 is 0 Å². The predicted molar refractivity (Wildman–Crippen MR) is 163 cm³/mol. The molecule has 0 fully saturated rings. The van der Waals surface area contributed by atoms with Gasteiger partial charge in [0.15, 0.2) is 0 Å². The molecule has 6 rings (SSSR count). The Balaban J connectivity index is 1.50. The van der Waals surface area contributed by atoms with Crippen molar-refractivity contribution in [1.29, 1.82) is 0 Å². The Hall–Kier alpha value is -2.83. The number of hydrogen-bond acceptors (Lipinski definition) is 7.